The number of quaternary nitrogens is 1. The van der Waals surface area contributed by atoms with E-state index in [2.05, 4.69) is 38.2 Å². The highest BCUT2D eigenvalue weighted by molar-refractivity contribution is 5.71. The Balaban J connectivity index is 4.21. The van der Waals surface area contributed by atoms with Crippen molar-refractivity contribution < 1.29 is 42.9 Å². The van der Waals surface area contributed by atoms with Gasteiger partial charge in [0.1, 0.15) is 13.2 Å². The summed E-state index contributed by atoms with van der Waals surface area (Å²) in [5.41, 5.74) is 0. The molecule has 0 aromatic heterocycles. The van der Waals surface area contributed by atoms with Crippen molar-refractivity contribution in [2.24, 2.45) is 0 Å². The second-order valence-corrected chi connectivity index (χ2v) is 21.0. The summed E-state index contributed by atoms with van der Waals surface area (Å²) in [4.78, 5) is 37.4. The van der Waals surface area contributed by atoms with E-state index in [4.69, 9.17) is 18.9 Å². The minimum absolute atomic E-state index is 0.177. The predicted octanol–water partition coefficient (Wildman–Crippen LogP) is 16.7. The van der Waals surface area contributed by atoms with E-state index in [0.717, 1.165) is 44.9 Å². The van der Waals surface area contributed by atoms with Crippen molar-refractivity contribution in [3.8, 4) is 0 Å². The maximum atomic E-state index is 12.9. The van der Waals surface area contributed by atoms with Crippen LogP contribution in [0.3, 0.4) is 0 Å². The Kier molecular flexibility index (Phi) is 49.5. The molecule has 0 bridgehead atoms. The van der Waals surface area contributed by atoms with E-state index in [1.807, 2.05) is 21.1 Å². The van der Waals surface area contributed by atoms with Gasteiger partial charge in [0.25, 0.3) is 6.29 Å². The third kappa shape index (κ3) is 51.6. The fourth-order valence-corrected chi connectivity index (χ4v) is 8.46. The van der Waals surface area contributed by atoms with Gasteiger partial charge in [-0.1, -0.05) is 244 Å². The second-order valence-electron chi connectivity index (χ2n) is 21.0. The van der Waals surface area contributed by atoms with E-state index in [9.17, 15) is 19.5 Å². The maximum Gasteiger partial charge on any atom is 0.361 e. The van der Waals surface area contributed by atoms with Gasteiger partial charge < -0.3 is 28.5 Å². The van der Waals surface area contributed by atoms with Crippen LogP contribution in [0.1, 0.15) is 277 Å². The van der Waals surface area contributed by atoms with Gasteiger partial charge in [0.15, 0.2) is 6.10 Å². The Morgan fingerprint density at radius 3 is 1.16 bits per heavy atom. The number of rotatable bonds is 54. The second kappa shape index (κ2) is 51.1. The van der Waals surface area contributed by atoms with E-state index in [-0.39, 0.29) is 38.2 Å². The zero-order valence-electron chi connectivity index (χ0n) is 45.5. The predicted molar refractivity (Wildman–Crippen MR) is 286 cm³/mol. The van der Waals surface area contributed by atoms with E-state index >= 15 is 0 Å². The quantitative estimate of drug-likeness (QED) is 0.0211. The zero-order valence-corrected chi connectivity index (χ0v) is 45.5. The Hall–Kier alpha value is -2.23. The number of carbonyl (C=O) groups is 3. The normalized spacial score (nSPS) is 12.9. The Morgan fingerprint density at radius 2 is 0.794 bits per heavy atom. The van der Waals surface area contributed by atoms with E-state index in [1.54, 1.807) is 0 Å². The fourth-order valence-electron chi connectivity index (χ4n) is 8.46. The van der Waals surface area contributed by atoms with Crippen LogP contribution in [-0.2, 0) is 33.3 Å². The number of nitrogens with zero attached hydrogens (tertiary/aromatic N) is 1. The van der Waals surface area contributed by atoms with Crippen molar-refractivity contribution in [3.05, 3.63) is 24.3 Å². The molecule has 0 aromatic rings. The fraction of sp³-hybridized carbons (Fsp3) is 0.881. The average molecular weight is 964 g/mol. The van der Waals surface area contributed by atoms with Crippen LogP contribution in [0.2, 0.25) is 0 Å². The molecule has 9 heteroatoms. The van der Waals surface area contributed by atoms with E-state index < -0.39 is 18.4 Å². The molecule has 0 saturated carbocycles. The molecule has 0 aliphatic carbocycles. The SMILES string of the molecule is CCCCCCC/C=C\C/C=C\CCCCCCCCCCCCCCCC(=O)OC(COC(=O)CCCCCCCCCCCCCCCCCCCC)COC(OCC[N+](C)(C)C)C(=O)O. The van der Waals surface area contributed by atoms with Gasteiger partial charge >= 0.3 is 17.9 Å². The van der Waals surface area contributed by atoms with Gasteiger partial charge in [0.05, 0.1) is 34.4 Å². The molecule has 68 heavy (non-hydrogen) atoms. The van der Waals surface area contributed by atoms with Gasteiger partial charge in [-0.15, -0.1) is 0 Å². The minimum Gasteiger partial charge on any atom is -0.477 e. The van der Waals surface area contributed by atoms with Gasteiger partial charge in [-0.25, -0.2) is 4.79 Å². The Bertz CT molecular complexity index is 1170. The molecule has 0 heterocycles. The van der Waals surface area contributed by atoms with Crippen LogP contribution in [-0.4, -0.2) is 87.4 Å². The van der Waals surface area contributed by atoms with Crippen LogP contribution < -0.4 is 0 Å². The molecule has 0 spiro atoms. The molecule has 0 radical (unpaired) electrons. The topological polar surface area (TPSA) is 108 Å². The first-order chi connectivity index (χ1) is 33.1. The summed E-state index contributed by atoms with van der Waals surface area (Å²) >= 11 is 0. The van der Waals surface area contributed by atoms with Gasteiger partial charge in [-0.3, -0.25) is 9.59 Å². The summed E-state index contributed by atoms with van der Waals surface area (Å²) in [6.45, 7) is 4.91. The summed E-state index contributed by atoms with van der Waals surface area (Å²) in [7, 11) is 5.98. The smallest absolute Gasteiger partial charge is 0.361 e. The number of carboxylic acid groups (broad SMARTS) is 1. The van der Waals surface area contributed by atoms with Gasteiger partial charge in [0.2, 0.25) is 0 Å². The number of ether oxygens (including phenoxy) is 4. The number of carboxylic acids is 1. The number of likely N-dealkylation sites (N-methyl/N-ethyl adjacent to an activating group) is 1. The standard InChI is InChI=1S/C59H111NO8/c1-6-8-10-12-14-16-18-20-22-24-26-27-28-29-30-31-32-34-36-38-40-42-44-46-48-50-57(62)68-55(54-67-59(58(63)64)65-52-51-60(3,4)5)53-66-56(61)49-47-45-43-41-39-37-35-33-25-23-21-19-17-15-13-11-9-7-2/h18,20,24,26,55,59H,6-17,19,21-23,25,27-54H2,1-5H3/p+1/b20-18-,26-24-. The van der Waals surface area contributed by atoms with Crippen LogP contribution in [0.4, 0.5) is 0 Å². The third-order valence-corrected chi connectivity index (χ3v) is 13.0. The maximum absolute atomic E-state index is 12.9. The summed E-state index contributed by atoms with van der Waals surface area (Å²) in [6.07, 6.45) is 56.8. The van der Waals surface area contributed by atoms with Crippen LogP contribution >= 0.6 is 0 Å². The molecule has 400 valence electrons. The molecular formula is C59H112NO8+. The summed E-state index contributed by atoms with van der Waals surface area (Å²) < 4.78 is 22.9. The molecule has 0 rings (SSSR count). The van der Waals surface area contributed by atoms with Crippen molar-refractivity contribution in [1.82, 2.24) is 0 Å². The molecule has 1 N–H and O–H groups in total. The lowest BCUT2D eigenvalue weighted by atomic mass is 10.0. The first kappa shape index (κ1) is 65.8. The molecule has 0 amide bonds. The van der Waals surface area contributed by atoms with Crippen LogP contribution in [0.25, 0.3) is 0 Å². The molecule has 2 atom stereocenters. The van der Waals surface area contributed by atoms with Crippen LogP contribution in [0.15, 0.2) is 24.3 Å². The number of unbranched alkanes of at least 4 members (excludes halogenated alkanes) is 35. The highest BCUT2D eigenvalue weighted by Crippen LogP contribution is 2.17. The Morgan fingerprint density at radius 1 is 0.441 bits per heavy atom. The van der Waals surface area contributed by atoms with Crippen molar-refractivity contribution in [2.45, 2.75) is 289 Å². The van der Waals surface area contributed by atoms with Crippen molar-refractivity contribution in [1.29, 1.82) is 0 Å². The van der Waals surface area contributed by atoms with Gasteiger partial charge in [0, 0.05) is 12.8 Å². The van der Waals surface area contributed by atoms with Crippen molar-refractivity contribution in [3.63, 3.8) is 0 Å². The Labute approximate surface area is 420 Å². The van der Waals surface area contributed by atoms with Crippen molar-refractivity contribution >= 4 is 17.9 Å². The van der Waals surface area contributed by atoms with Crippen LogP contribution in [0, 0.1) is 0 Å². The van der Waals surface area contributed by atoms with E-state index in [0.29, 0.717) is 17.4 Å². The molecule has 0 fully saturated rings. The molecule has 0 aliphatic rings. The highest BCUT2D eigenvalue weighted by Gasteiger charge is 2.25. The number of carbonyl (C=O) groups excluding carboxylic acids is 2. The molecular weight excluding hydrogens is 851 g/mol. The van der Waals surface area contributed by atoms with Crippen molar-refractivity contribution in [2.75, 3.05) is 47.5 Å². The highest BCUT2D eigenvalue weighted by atomic mass is 16.7. The largest absolute Gasteiger partial charge is 0.477 e. The number of hydrogen-bond donors (Lipinski definition) is 1. The molecule has 9 nitrogen and oxygen atoms in total. The average Bonchev–Trinajstić information content (AvgIpc) is 3.30. The first-order valence-corrected chi connectivity index (χ1v) is 29.0. The lowest BCUT2D eigenvalue weighted by molar-refractivity contribution is -0.870. The number of esters is 2. The van der Waals surface area contributed by atoms with Gasteiger partial charge in [-0.2, -0.15) is 0 Å². The first-order valence-electron chi connectivity index (χ1n) is 29.0. The van der Waals surface area contributed by atoms with E-state index in [1.165, 1.54) is 205 Å². The lowest BCUT2D eigenvalue weighted by Crippen LogP contribution is -2.40. The molecule has 0 aliphatic heterocycles. The summed E-state index contributed by atoms with van der Waals surface area (Å²) in [6, 6.07) is 0. The third-order valence-electron chi connectivity index (χ3n) is 13.0. The molecule has 0 saturated heterocycles. The molecule has 0 aromatic carbocycles. The minimum atomic E-state index is -1.51. The summed E-state index contributed by atoms with van der Waals surface area (Å²) in [5.74, 6) is -1.98. The van der Waals surface area contributed by atoms with Gasteiger partial charge in [-0.05, 0) is 44.9 Å². The lowest BCUT2D eigenvalue weighted by Gasteiger charge is -2.25. The van der Waals surface area contributed by atoms with Crippen LogP contribution in [0.5, 0.6) is 0 Å². The zero-order chi connectivity index (χ0) is 49.9. The summed E-state index contributed by atoms with van der Waals surface area (Å²) in [5, 5.41) is 9.70. The number of hydrogen-bond acceptors (Lipinski definition) is 7. The number of allylic oxidation sites excluding steroid dienone is 4. The number of aliphatic carboxylic acids is 1. The molecule has 2 unspecified atom stereocenters. The monoisotopic (exact) mass is 963 g/mol.